The summed E-state index contributed by atoms with van der Waals surface area (Å²) in [5, 5.41) is 0. The van der Waals surface area contributed by atoms with Crippen LogP contribution in [0.2, 0.25) is 0 Å². The van der Waals surface area contributed by atoms with Crippen molar-refractivity contribution < 1.29 is 0 Å². The predicted octanol–water partition coefficient (Wildman–Crippen LogP) is 1.00. The number of pyridine rings is 1. The standard InChI is InChI=1S/C9H8N2O/c1-7-3-2-5-11-6-4-8(12)10-9(7)11/h2-6H,1H3. The summed E-state index contributed by atoms with van der Waals surface area (Å²) in [7, 11) is 0. The van der Waals surface area contributed by atoms with Crippen LogP contribution in [-0.4, -0.2) is 9.38 Å². The lowest BCUT2D eigenvalue weighted by atomic mass is 10.3. The summed E-state index contributed by atoms with van der Waals surface area (Å²) in [6.07, 6.45) is 3.59. The van der Waals surface area contributed by atoms with Crippen molar-refractivity contribution in [3.63, 3.8) is 0 Å². The molecule has 0 aliphatic heterocycles. The van der Waals surface area contributed by atoms with E-state index in [1.165, 1.54) is 6.07 Å². The molecule has 0 unspecified atom stereocenters. The Morgan fingerprint density at radius 2 is 2.17 bits per heavy atom. The van der Waals surface area contributed by atoms with Crippen molar-refractivity contribution in [2.24, 2.45) is 0 Å². The molecule has 0 N–H and O–H groups in total. The number of fused-ring (bicyclic) bond motifs is 1. The highest BCUT2D eigenvalue weighted by Gasteiger charge is 1.95. The van der Waals surface area contributed by atoms with Gasteiger partial charge in [-0.25, -0.2) is 0 Å². The molecule has 0 radical (unpaired) electrons. The zero-order valence-electron chi connectivity index (χ0n) is 6.69. The van der Waals surface area contributed by atoms with Crippen LogP contribution in [0.4, 0.5) is 0 Å². The van der Waals surface area contributed by atoms with Gasteiger partial charge in [0.2, 0.25) is 0 Å². The molecule has 2 heterocycles. The molecule has 2 aromatic rings. The minimum absolute atomic E-state index is 0.190. The van der Waals surface area contributed by atoms with Gasteiger partial charge in [-0.05, 0) is 18.6 Å². The molecule has 0 saturated heterocycles. The van der Waals surface area contributed by atoms with E-state index in [1.54, 1.807) is 6.20 Å². The van der Waals surface area contributed by atoms with Gasteiger partial charge in [0.25, 0.3) is 5.56 Å². The average molecular weight is 160 g/mol. The monoisotopic (exact) mass is 160 g/mol. The Kier molecular flexibility index (Phi) is 1.43. The van der Waals surface area contributed by atoms with Crippen LogP contribution in [-0.2, 0) is 0 Å². The molecule has 0 atom stereocenters. The smallest absolute Gasteiger partial charge is 0.273 e. The maximum atomic E-state index is 10.9. The zero-order valence-corrected chi connectivity index (χ0v) is 6.69. The third kappa shape index (κ3) is 0.993. The molecule has 0 fully saturated rings. The number of aryl methyl sites for hydroxylation is 1. The fourth-order valence-electron chi connectivity index (χ4n) is 1.18. The van der Waals surface area contributed by atoms with Crippen LogP contribution in [0.15, 0.2) is 35.4 Å². The first-order valence-corrected chi connectivity index (χ1v) is 3.72. The first kappa shape index (κ1) is 7.03. The summed E-state index contributed by atoms with van der Waals surface area (Å²) in [6.45, 7) is 1.93. The molecule has 0 amide bonds. The van der Waals surface area contributed by atoms with Crippen LogP contribution in [0.25, 0.3) is 5.65 Å². The van der Waals surface area contributed by atoms with E-state index < -0.39 is 0 Å². The van der Waals surface area contributed by atoms with E-state index in [4.69, 9.17) is 0 Å². The van der Waals surface area contributed by atoms with Gasteiger partial charge in [-0.15, -0.1) is 0 Å². The van der Waals surface area contributed by atoms with Gasteiger partial charge in [0.1, 0.15) is 5.65 Å². The molecular weight excluding hydrogens is 152 g/mol. The lowest BCUT2D eigenvalue weighted by molar-refractivity contribution is 1.06. The molecular formula is C9H8N2O. The van der Waals surface area contributed by atoms with E-state index >= 15 is 0 Å². The molecule has 2 rings (SSSR count). The minimum Gasteiger partial charge on any atom is -0.308 e. The molecule has 0 saturated carbocycles. The van der Waals surface area contributed by atoms with Crippen molar-refractivity contribution in [3.05, 3.63) is 46.5 Å². The van der Waals surface area contributed by atoms with Crippen LogP contribution in [0.1, 0.15) is 5.56 Å². The number of aromatic nitrogens is 2. The van der Waals surface area contributed by atoms with Gasteiger partial charge in [0, 0.05) is 18.5 Å². The van der Waals surface area contributed by atoms with E-state index in [9.17, 15) is 4.79 Å². The summed E-state index contributed by atoms with van der Waals surface area (Å²) in [5.41, 5.74) is 1.55. The first-order valence-electron chi connectivity index (χ1n) is 3.72. The van der Waals surface area contributed by atoms with E-state index in [0.29, 0.717) is 0 Å². The van der Waals surface area contributed by atoms with Gasteiger partial charge >= 0.3 is 0 Å². The average Bonchev–Trinajstić information content (AvgIpc) is 2.07. The Labute approximate surface area is 69.3 Å². The fraction of sp³-hybridized carbons (Fsp3) is 0.111. The van der Waals surface area contributed by atoms with Crippen molar-refractivity contribution in [2.45, 2.75) is 6.92 Å². The van der Waals surface area contributed by atoms with Gasteiger partial charge in [-0.1, -0.05) is 6.07 Å². The summed E-state index contributed by atoms with van der Waals surface area (Å²) in [4.78, 5) is 14.8. The molecule has 0 bridgehead atoms. The molecule has 0 aliphatic rings. The summed E-state index contributed by atoms with van der Waals surface area (Å²) in [6, 6.07) is 5.31. The molecule has 60 valence electrons. The lowest BCUT2D eigenvalue weighted by Crippen LogP contribution is -2.07. The zero-order chi connectivity index (χ0) is 8.55. The van der Waals surface area contributed by atoms with E-state index in [1.807, 2.05) is 29.7 Å². The number of nitrogens with zero attached hydrogens (tertiary/aromatic N) is 2. The molecule has 2 aromatic heterocycles. The van der Waals surface area contributed by atoms with Crippen LogP contribution >= 0.6 is 0 Å². The van der Waals surface area contributed by atoms with Gasteiger partial charge in [0.05, 0.1) is 0 Å². The van der Waals surface area contributed by atoms with Gasteiger partial charge in [-0.3, -0.25) is 4.79 Å². The Hall–Kier alpha value is -1.64. The summed E-state index contributed by atoms with van der Waals surface area (Å²) < 4.78 is 1.83. The number of hydrogen-bond acceptors (Lipinski definition) is 2. The maximum absolute atomic E-state index is 10.9. The highest BCUT2D eigenvalue weighted by molar-refractivity contribution is 5.45. The van der Waals surface area contributed by atoms with E-state index in [-0.39, 0.29) is 5.56 Å². The normalized spacial score (nSPS) is 10.4. The lowest BCUT2D eigenvalue weighted by Gasteiger charge is -2.00. The molecule has 12 heavy (non-hydrogen) atoms. The quantitative estimate of drug-likeness (QED) is 0.576. The summed E-state index contributed by atoms with van der Waals surface area (Å²) in [5.74, 6) is 0. The van der Waals surface area contributed by atoms with E-state index in [2.05, 4.69) is 4.98 Å². The molecule has 0 aliphatic carbocycles. The number of hydrogen-bond donors (Lipinski definition) is 0. The Morgan fingerprint density at radius 1 is 1.33 bits per heavy atom. The number of rotatable bonds is 0. The van der Waals surface area contributed by atoms with Crippen molar-refractivity contribution in [1.82, 2.24) is 9.38 Å². The summed E-state index contributed by atoms with van der Waals surface area (Å²) >= 11 is 0. The Morgan fingerprint density at radius 3 is 3.00 bits per heavy atom. The highest BCUT2D eigenvalue weighted by Crippen LogP contribution is 2.02. The second kappa shape index (κ2) is 2.44. The Balaban J connectivity index is 2.97. The second-order valence-corrected chi connectivity index (χ2v) is 2.69. The van der Waals surface area contributed by atoms with Crippen molar-refractivity contribution in [3.8, 4) is 0 Å². The van der Waals surface area contributed by atoms with Gasteiger partial charge < -0.3 is 4.40 Å². The van der Waals surface area contributed by atoms with Crippen LogP contribution in [0.3, 0.4) is 0 Å². The minimum atomic E-state index is -0.190. The third-order valence-corrected chi connectivity index (χ3v) is 1.78. The Bertz CT molecular complexity index is 473. The van der Waals surface area contributed by atoms with Crippen LogP contribution in [0, 0.1) is 6.92 Å². The molecule has 3 nitrogen and oxygen atoms in total. The van der Waals surface area contributed by atoms with Crippen LogP contribution in [0.5, 0.6) is 0 Å². The highest BCUT2D eigenvalue weighted by atomic mass is 16.1. The van der Waals surface area contributed by atoms with E-state index in [0.717, 1.165) is 11.2 Å². The maximum Gasteiger partial charge on any atom is 0.273 e. The SMILES string of the molecule is Cc1cccn2ccc(=O)nc12. The predicted molar refractivity (Wildman–Crippen MR) is 46.2 cm³/mol. The second-order valence-electron chi connectivity index (χ2n) is 2.69. The van der Waals surface area contributed by atoms with Crippen molar-refractivity contribution >= 4 is 5.65 Å². The van der Waals surface area contributed by atoms with Crippen molar-refractivity contribution in [1.29, 1.82) is 0 Å². The third-order valence-electron chi connectivity index (χ3n) is 1.78. The van der Waals surface area contributed by atoms with Gasteiger partial charge in [0.15, 0.2) is 0 Å². The first-order chi connectivity index (χ1) is 5.77. The van der Waals surface area contributed by atoms with Gasteiger partial charge in [-0.2, -0.15) is 4.98 Å². The fourth-order valence-corrected chi connectivity index (χ4v) is 1.18. The molecule has 0 spiro atoms. The molecule has 0 aromatic carbocycles. The largest absolute Gasteiger partial charge is 0.308 e. The van der Waals surface area contributed by atoms with Crippen molar-refractivity contribution in [2.75, 3.05) is 0 Å². The topological polar surface area (TPSA) is 34.4 Å². The molecule has 3 heteroatoms. The van der Waals surface area contributed by atoms with Crippen LogP contribution < -0.4 is 5.56 Å².